The minimum absolute atomic E-state index is 0.0428. The van der Waals surface area contributed by atoms with Crippen molar-refractivity contribution in [2.45, 2.75) is 142 Å². The van der Waals surface area contributed by atoms with Crippen LogP contribution in [0.15, 0.2) is 78.9 Å². The molecule has 0 radical (unpaired) electrons. The molecule has 0 saturated heterocycles. The van der Waals surface area contributed by atoms with Gasteiger partial charge in [0.15, 0.2) is 0 Å². The van der Waals surface area contributed by atoms with Gasteiger partial charge in [-0.2, -0.15) is 0 Å². The van der Waals surface area contributed by atoms with Crippen molar-refractivity contribution in [3.05, 3.63) is 95.6 Å². The van der Waals surface area contributed by atoms with Crippen molar-refractivity contribution in [1.29, 1.82) is 0 Å². The van der Waals surface area contributed by atoms with Crippen LogP contribution >= 0.6 is 0 Å². The fraction of sp³-hybridized carbons (Fsp3) is 0.491. The minimum Gasteiger partial charge on any atom is -0.508 e. The molecule has 0 unspecified atom stereocenters. The summed E-state index contributed by atoms with van der Waals surface area (Å²) >= 11 is 0. The zero-order valence-corrected chi connectivity index (χ0v) is 45.5. The second-order valence-electron chi connectivity index (χ2n) is 20.8. The lowest BCUT2D eigenvalue weighted by Gasteiger charge is -2.28. The largest absolute Gasteiger partial charge is 0.508 e. The van der Waals surface area contributed by atoms with Gasteiger partial charge >= 0.3 is 5.97 Å². The molecule has 0 heterocycles. The molecule has 23 heteroatoms. The van der Waals surface area contributed by atoms with Gasteiger partial charge in [0, 0.05) is 19.3 Å². The summed E-state index contributed by atoms with van der Waals surface area (Å²) in [7, 11) is 0. The second-order valence-corrected chi connectivity index (χ2v) is 20.8. The third-order valence-corrected chi connectivity index (χ3v) is 12.3. The number of aliphatic carboxylic acids is 1. The monoisotopic (exact) mass is 1090 g/mol. The Morgan fingerprint density at radius 3 is 1.29 bits per heavy atom. The van der Waals surface area contributed by atoms with Crippen LogP contribution in [0.1, 0.15) is 91.3 Å². The summed E-state index contributed by atoms with van der Waals surface area (Å²) < 4.78 is 0. The molecule has 23 nitrogen and oxygen atoms in total. The van der Waals surface area contributed by atoms with Crippen LogP contribution in [0, 0.1) is 23.7 Å². The summed E-state index contributed by atoms with van der Waals surface area (Å²) in [5.74, 6) is -10.4. The summed E-state index contributed by atoms with van der Waals surface area (Å²) in [6.45, 7) is 13.1. The number of carbonyl (C=O) groups is 10. The van der Waals surface area contributed by atoms with Crippen molar-refractivity contribution in [2.24, 2.45) is 35.1 Å². The lowest BCUT2D eigenvalue weighted by molar-refractivity contribution is -0.143. The number of carbonyl (C=O) groups excluding carboxylic acids is 9. The molecule has 0 fully saturated rings. The van der Waals surface area contributed by atoms with Crippen LogP contribution in [0.2, 0.25) is 0 Å². The fourth-order valence-electron chi connectivity index (χ4n) is 8.12. The van der Waals surface area contributed by atoms with Gasteiger partial charge in [-0.25, -0.2) is 4.79 Å². The number of phenols is 2. The van der Waals surface area contributed by atoms with Gasteiger partial charge in [-0.05, 0) is 77.5 Å². The molecule has 0 saturated carbocycles. The Morgan fingerprint density at radius 1 is 0.449 bits per heavy atom. The van der Waals surface area contributed by atoms with Crippen molar-refractivity contribution < 1.29 is 63.3 Å². The average Bonchev–Trinajstić information content (AvgIpc) is 3.36. The van der Waals surface area contributed by atoms with Gasteiger partial charge in [0.1, 0.15) is 53.8 Å². The SMILES string of the molecule is CC(C)C[C@H](NC(=O)[C@@H](N)CC(C)C)C(=O)N[C@@H](Cc1ccc(O)cc1)C(=O)NCC(=O)N[C@@H](Cc1ccccc1)C(=O)N[C@H](C(=O)N[C@@H](CC(N)=O)C(=O)N[C@@H](Cc1ccc(O)cc1)C(=O)N[C@H](C(=O)O)C(C)C)C(C)C. The maximum atomic E-state index is 14.3. The van der Waals surface area contributed by atoms with Crippen molar-refractivity contribution >= 4 is 59.1 Å². The lowest BCUT2D eigenvalue weighted by Crippen LogP contribution is -2.61. The molecule has 0 aromatic heterocycles. The molecular weight excluding hydrogens is 1010 g/mol. The van der Waals surface area contributed by atoms with Crippen LogP contribution in [-0.4, -0.2) is 129 Å². The number of aromatic hydroxyl groups is 2. The van der Waals surface area contributed by atoms with E-state index in [4.69, 9.17) is 11.5 Å². The Labute approximate surface area is 454 Å². The van der Waals surface area contributed by atoms with Crippen LogP contribution in [0.4, 0.5) is 0 Å². The summed E-state index contributed by atoms with van der Waals surface area (Å²) in [6.07, 6.45) is -0.628. The first-order valence-electron chi connectivity index (χ1n) is 25.9. The molecule has 0 aliphatic carbocycles. The zero-order valence-electron chi connectivity index (χ0n) is 45.5. The van der Waals surface area contributed by atoms with E-state index in [9.17, 15) is 63.3 Å². The summed E-state index contributed by atoms with van der Waals surface area (Å²) in [5.41, 5.74) is 13.2. The number of hydrogen-bond acceptors (Lipinski definition) is 13. The molecule has 0 bridgehead atoms. The molecule has 78 heavy (non-hydrogen) atoms. The normalized spacial score (nSPS) is 14.3. The van der Waals surface area contributed by atoms with E-state index in [0.717, 1.165) is 0 Å². The highest BCUT2D eigenvalue weighted by Gasteiger charge is 2.36. The Morgan fingerprint density at radius 2 is 0.846 bits per heavy atom. The first-order chi connectivity index (χ1) is 36.6. The highest BCUT2D eigenvalue weighted by molar-refractivity contribution is 5.99. The molecular formula is C55H78N10O13. The molecule has 0 aliphatic rings. The van der Waals surface area contributed by atoms with Gasteiger partial charge in [-0.15, -0.1) is 0 Å². The number of hydrogen-bond donors (Lipinski definition) is 13. The number of phenolic OH excluding ortho intramolecular Hbond substituents is 2. The highest BCUT2D eigenvalue weighted by Crippen LogP contribution is 2.16. The van der Waals surface area contributed by atoms with Crippen LogP contribution in [0.3, 0.4) is 0 Å². The lowest BCUT2D eigenvalue weighted by atomic mass is 9.99. The van der Waals surface area contributed by atoms with Gasteiger partial charge in [0.25, 0.3) is 0 Å². The van der Waals surface area contributed by atoms with E-state index in [1.54, 1.807) is 70.2 Å². The molecule has 15 N–H and O–H groups in total. The summed E-state index contributed by atoms with van der Waals surface area (Å²) in [6, 6.07) is 9.41. The van der Waals surface area contributed by atoms with Crippen LogP contribution in [0.5, 0.6) is 11.5 Å². The van der Waals surface area contributed by atoms with Crippen molar-refractivity contribution in [3.8, 4) is 11.5 Å². The van der Waals surface area contributed by atoms with E-state index in [1.807, 2.05) is 27.7 Å². The molecule has 3 aromatic rings. The third kappa shape index (κ3) is 22.3. The van der Waals surface area contributed by atoms with Crippen LogP contribution < -0.4 is 54.0 Å². The summed E-state index contributed by atoms with van der Waals surface area (Å²) in [5, 5.41) is 50.0. The van der Waals surface area contributed by atoms with E-state index in [1.165, 1.54) is 36.4 Å². The van der Waals surface area contributed by atoms with E-state index < -0.39 is 132 Å². The van der Waals surface area contributed by atoms with Crippen molar-refractivity contribution in [3.63, 3.8) is 0 Å². The molecule has 8 atom stereocenters. The predicted molar refractivity (Wildman–Crippen MR) is 288 cm³/mol. The van der Waals surface area contributed by atoms with Gasteiger partial charge < -0.3 is 69.3 Å². The average molecular weight is 1090 g/mol. The predicted octanol–water partition coefficient (Wildman–Crippen LogP) is 0.327. The maximum absolute atomic E-state index is 14.3. The van der Waals surface area contributed by atoms with Gasteiger partial charge in [-0.3, -0.25) is 43.2 Å². The minimum atomic E-state index is -1.72. The first-order valence-corrected chi connectivity index (χ1v) is 25.9. The van der Waals surface area contributed by atoms with Crippen LogP contribution in [-0.2, 0) is 67.2 Å². The van der Waals surface area contributed by atoms with Gasteiger partial charge in [-0.1, -0.05) is 110 Å². The molecule has 0 aliphatic heterocycles. The number of rotatable bonds is 31. The van der Waals surface area contributed by atoms with Gasteiger partial charge in [0.05, 0.1) is 19.0 Å². The third-order valence-electron chi connectivity index (χ3n) is 12.3. The van der Waals surface area contributed by atoms with E-state index >= 15 is 0 Å². The Bertz CT molecular complexity index is 2520. The van der Waals surface area contributed by atoms with E-state index in [0.29, 0.717) is 23.1 Å². The molecule has 3 rings (SSSR count). The molecule has 426 valence electrons. The van der Waals surface area contributed by atoms with E-state index in [2.05, 4.69) is 42.5 Å². The topological polar surface area (TPSA) is 380 Å². The Kier molecular flexibility index (Phi) is 25.7. The second kappa shape index (κ2) is 31.2. The number of carboxylic acid groups (broad SMARTS) is 1. The number of carboxylic acids is 1. The Balaban J connectivity index is 1.86. The van der Waals surface area contributed by atoms with E-state index in [-0.39, 0.29) is 49.0 Å². The summed E-state index contributed by atoms with van der Waals surface area (Å²) in [4.78, 5) is 135. The fourth-order valence-corrected chi connectivity index (χ4v) is 8.12. The molecule has 3 aromatic carbocycles. The maximum Gasteiger partial charge on any atom is 0.326 e. The van der Waals surface area contributed by atoms with Crippen LogP contribution in [0.25, 0.3) is 0 Å². The number of amides is 9. The standard InChI is InChI=1S/C55H78N10O13/c1-29(2)22-38(56)48(70)60-39(23-30(3)4)50(72)61-40(25-34-14-18-36(66)19-15-34)49(71)58-28-45(69)59-41(24-33-12-10-9-11-13-33)52(74)64-46(31(5)6)54(76)63-43(27-44(57)68)51(73)62-42(26-35-16-20-37(67)21-17-35)53(75)65-47(32(7)8)55(77)78/h9-21,29-32,38-43,46-47,66-67H,22-28,56H2,1-8H3,(H2,57,68)(H,58,71)(H,59,69)(H,60,70)(H,61,72)(H,62,73)(H,63,76)(H,64,74)(H,65,75)(H,77,78)/t38-,39-,40-,41-,42-,43-,46-,47-/m0/s1. The Hall–Kier alpha value is -8.08. The quantitative estimate of drug-likeness (QED) is 0.0413. The zero-order chi connectivity index (χ0) is 58.4. The van der Waals surface area contributed by atoms with Gasteiger partial charge in [0.2, 0.25) is 53.2 Å². The smallest absolute Gasteiger partial charge is 0.326 e. The number of benzene rings is 3. The molecule has 0 spiro atoms. The number of nitrogens with one attached hydrogen (secondary N) is 8. The molecule has 9 amide bonds. The number of nitrogens with two attached hydrogens (primary N) is 2. The number of primary amides is 1. The van der Waals surface area contributed by atoms with Crippen molar-refractivity contribution in [2.75, 3.05) is 6.54 Å². The highest BCUT2D eigenvalue weighted by atomic mass is 16.4. The first kappa shape index (κ1) is 64.2. The van der Waals surface area contributed by atoms with Crippen molar-refractivity contribution in [1.82, 2.24) is 42.5 Å².